The predicted molar refractivity (Wildman–Crippen MR) is 66.8 cm³/mol. The van der Waals surface area contributed by atoms with Gasteiger partial charge in [-0.1, -0.05) is 6.08 Å². The zero-order chi connectivity index (χ0) is 13.1. The van der Waals surface area contributed by atoms with Crippen LogP contribution in [0.1, 0.15) is 40.0 Å². The van der Waals surface area contributed by atoms with Crippen molar-refractivity contribution in [1.82, 2.24) is 4.90 Å². The molecule has 0 bridgehead atoms. The summed E-state index contributed by atoms with van der Waals surface area (Å²) in [7, 11) is 0. The van der Waals surface area contributed by atoms with E-state index in [4.69, 9.17) is 4.74 Å². The second kappa shape index (κ2) is 5.54. The minimum Gasteiger partial charge on any atom is -0.444 e. The summed E-state index contributed by atoms with van der Waals surface area (Å²) < 4.78 is 5.37. The number of likely N-dealkylation sites (tertiary alicyclic amines) is 1. The van der Waals surface area contributed by atoms with Crippen LogP contribution in [-0.2, 0) is 4.74 Å². The monoisotopic (exact) mass is 241 g/mol. The molecule has 0 radical (unpaired) electrons. The fourth-order valence-electron chi connectivity index (χ4n) is 2.12. The Hall–Kier alpha value is -1.03. The van der Waals surface area contributed by atoms with E-state index in [9.17, 15) is 9.90 Å². The molecule has 0 aromatic carbocycles. The number of carbonyl (C=O) groups is 1. The van der Waals surface area contributed by atoms with E-state index < -0.39 is 5.60 Å². The summed E-state index contributed by atoms with van der Waals surface area (Å²) in [5.74, 6) is 0. The summed E-state index contributed by atoms with van der Waals surface area (Å²) in [6, 6.07) is -0.183. The molecule has 1 N–H and O–H groups in total. The molecule has 4 heteroatoms. The van der Waals surface area contributed by atoms with Crippen molar-refractivity contribution in [1.29, 1.82) is 0 Å². The molecule has 98 valence electrons. The van der Waals surface area contributed by atoms with Crippen molar-refractivity contribution < 1.29 is 14.6 Å². The van der Waals surface area contributed by atoms with E-state index in [1.54, 1.807) is 11.0 Å². The van der Waals surface area contributed by atoms with E-state index in [0.29, 0.717) is 0 Å². The van der Waals surface area contributed by atoms with Gasteiger partial charge in [0, 0.05) is 0 Å². The van der Waals surface area contributed by atoms with Gasteiger partial charge in [-0.3, -0.25) is 4.90 Å². The van der Waals surface area contributed by atoms with E-state index >= 15 is 0 Å². The Balaban J connectivity index is 2.80. The first kappa shape index (κ1) is 14.0. The smallest absolute Gasteiger partial charge is 0.411 e. The van der Waals surface area contributed by atoms with Crippen molar-refractivity contribution in [2.45, 2.75) is 57.7 Å². The predicted octanol–water partition coefficient (Wildman–Crippen LogP) is 2.32. The van der Waals surface area contributed by atoms with E-state index in [-0.39, 0.29) is 24.8 Å². The lowest BCUT2D eigenvalue weighted by atomic mass is 9.96. The van der Waals surface area contributed by atoms with Gasteiger partial charge in [0.1, 0.15) is 5.60 Å². The Kier molecular flexibility index (Phi) is 4.57. The highest BCUT2D eigenvalue weighted by molar-refractivity contribution is 5.69. The van der Waals surface area contributed by atoms with E-state index in [1.165, 1.54) is 0 Å². The largest absolute Gasteiger partial charge is 0.444 e. The Morgan fingerprint density at radius 3 is 2.65 bits per heavy atom. The average Bonchev–Trinajstić information content (AvgIpc) is 2.25. The quantitative estimate of drug-likeness (QED) is 0.755. The average molecular weight is 241 g/mol. The summed E-state index contributed by atoms with van der Waals surface area (Å²) in [4.78, 5) is 13.7. The lowest BCUT2D eigenvalue weighted by Gasteiger charge is -2.40. The number of hydrogen-bond donors (Lipinski definition) is 1. The summed E-state index contributed by atoms with van der Waals surface area (Å²) in [6.07, 6.45) is 4.10. The number of carbonyl (C=O) groups excluding carboxylic acids is 1. The molecule has 1 fully saturated rings. The molecule has 0 saturated carbocycles. The minimum absolute atomic E-state index is 0.0242. The van der Waals surface area contributed by atoms with Crippen LogP contribution in [0.4, 0.5) is 4.79 Å². The number of piperidine rings is 1. The van der Waals surface area contributed by atoms with Gasteiger partial charge in [0.15, 0.2) is 0 Å². The highest BCUT2D eigenvalue weighted by Gasteiger charge is 2.35. The number of amides is 1. The van der Waals surface area contributed by atoms with Gasteiger partial charge in [0.05, 0.1) is 18.7 Å². The molecule has 1 aliphatic heterocycles. The summed E-state index contributed by atoms with van der Waals surface area (Å²) in [5.41, 5.74) is -0.514. The van der Waals surface area contributed by atoms with E-state index in [2.05, 4.69) is 6.58 Å². The van der Waals surface area contributed by atoms with Crippen LogP contribution in [0.3, 0.4) is 0 Å². The number of hydrogen-bond acceptors (Lipinski definition) is 3. The van der Waals surface area contributed by atoms with Crippen LogP contribution in [-0.4, -0.2) is 40.4 Å². The van der Waals surface area contributed by atoms with Crippen LogP contribution in [0.15, 0.2) is 12.7 Å². The zero-order valence-corrected chi connectivity index (χ0v) is 11.0. The first-order chi connectivity index (χ1) is 7.89. The third-order valence-corrected chi connectivity index (χ3v) is 2.88. The van der Waals surface area contributed by atoms with E-state index in [0.717, 1.165) is 19.3 Å². The van der Waals surface area contributed by atoms with Gasteiger partial charge >= 0.3 is 6.09 Å². The molecule has 1 heterocycles. The molecule has 0 aromatic heterocycles. The molecule has 1 aliphatic rings. The Morgan fingerprint density at radius 2 is 2.18 bits per heavy atom. The third kappa shape index (κ3) is 3.73. The molecule has 0 spiro atoms. The molecular weight excluding hydrogens is 218 g/mol. The maximum Gasteiger partial charge on any atom is 0.411 e. The molecule has 2 unspecified atom stereocenters. The summed E-state index contributed by atoms with van der Waals surface area (Å²) >= 11 is 0. The van der Waals surface area contributed by atoms with Gasteiger partial charge < -0.3 is 9.84 Å². The van der Waals surface area contributed by atoms with Crippen molar-refractivity contribution in [3.8, 4) is 0 Å². The normalized spacial score (nSPS) is 25.5. The maximum atomic E-state index is 12.1. The summed E-state index contributed by atoms with van der Waals surface area (Å²) in [5, 5.41) is 9.34. The van der Waals surface area contributed by atoms with E-state index in [1.807, 2.05) is 20.8 Å². The zero-order valence-electron chi connectivity index (χ0n) is 11.0. The second-order valence-corrected chi connectivity index (χ2v) is 5.46. The van der Waals surface area contributed by atoms with Gasteiger partial charge in [0.2, 0.25) is 0 Å². The highest BCUT2D eigenvalue weighted by Crippen LogP contribution is 2.25. The van der Waals surface area contributed by atoms with Crippen molar-refractivity contribution in [3.05, 3.63) is 12.7 Å². The number of rotatable bonds is 2. The minimum atomic E-state index is -0.514. The fraction of sp³-hybridized carbons (Fsp3) is 0.769. The van der Waals surface area contributed by atoms with Gasteiger partial charge in [-0.05, 0) is 40.0 Å². The molecule has 1 amide bonds. The van der Waals surface area contributed by atoms with Gasteiger partial charge in [-0.2, -0.15) is 0 Å². The van der Waals surface area contributed by atoms with Crippen LogP contribution >= 0.6 is 0 Å². The molecule has 0 aromatic rings. The first-order valence-electron chi connectivity index (χ1n) is 6.13. The van der Waals surface area contributed by atoms with Crippen LogP contribution < -0.4 is 0 Å². The highest BCUT2D eigenvalue weighted by atomic mass is 16.6. The molecule has 4 nitrogen and oxygen atoms in total. The SMILES string of the molecule is C=CC1CCCC(CO)N1C(=O)OC(C)(C)C. The molecule has 1 rings (SSSR count). The molecule has 17 heavy (non-hydrogen) atoms. The number of ether oxygens (including phenoxy) is 1. The third-order valence-electron chi connectivity index (χ3n) is 2.88. The molecular formula is C13H23NO3. The lowest BCUT2D eigenvalue weighted by molar-refractivity contribution is -0.00790. The van der Waals surface area contributed by atoms with Crippen LogP contribution in [0.2, 0.25) is 0 Å². The standard InChI is InChI=1S/C13H23NO3/c1-5-10-7-6-8-11(9-15)14(10)12(16)17-13(2,3)4/h5,10-11,15H,1,6-9H2,2-4H3. The van der Waals surface area contributed by atoms with Crippen LogP contribution in [0, 0.1) is 0 Å². The van der Waals surface area contributed by atoms with Crippen LogP contribution in [0.25, 0.3) is 0 Å². The maximum absolute atomic E-state index is 12.1. The van der Waals surface area contributed by atoms with Gasteiger partial charge in [0.25, 0.3) is 0 Å². The molecule has 0 aliphatic carbocycles. The molecule has 1 saturated heterocycles. The van der Waals surface area contributed by atoms with Crippen LogP contribution in [0.5, 0.6) is 0 Å². The Bertz CT molecular complexity index is 283. The fourth-order valence-corrected chi connectivity index (χ4v) is 2.12. The van der Waals surface area contributed by atoms with Crippen molar-refractivity contribution in [3.63, 3.8) is 0 Å². The van der Waals surface area contributed by atoms with Crippen molar-refractivity contribution >= 4 is 6.09 Å². The lowest BCUT2D eigenvalue weighted by Crippen LogP contribution is -2.52. The number of aliphatic hydroxyl groups is 1. The molecule has 2 atom stereocenters. The first-order valence-corrected chi connectivity index (χ1v) is 6.13. The number of nitrogens with zero attached hydrogens (tertiary/aromatic N) is 1. The number of aliphatic hydroxyl groups excluding tert-OH is 1. The van der Waals surface area contributed by atoms with Gasteiger partial charge in [-0.15, -0.1) is 6.58 Å². The van der Waals surface area contributed by atoms with Crippen molar-refractivity contribution in [2.75, 3.05) is 6.61 Å². The van der Waals surface area contributed by atoms with Crippen molar-refractivity contribution in [2.24, 2.45) is 0 Å². The summed E-state index contributed by atoms with van der Waals surface area (Å²) in [6.45, 7) is 9.24. The Morgan fingerprint density at radius 1 is 1.53 bits per heavy atom. The second-order valence-electron chi connectivity index (χ2n) is 5.46. The Labute approximate surface area is 103 Å². The van der Waals surface area contributed by atoms with Gasteiger partial charge in [-0.25, -0.2) is 4.79 Å². The topological polar surface area (TPSA) is 49.8 Å².